The standard InChI is InChI=1S/C14H23N3O/c1-3-10-18-12-6-9-15-13(17-12)16-11-14(2)7-4-5-8-14/h6,9H,3-5,7-8,10-11H2,1-2H3,(H,15,16,17). The zero-order chi connectivity index (χ0) is 12.8. The van der Waals surface area contributed by atoms with Crippen LogP contribution in [0.15, 0.2) is 12.3 Å². The van der Waals surface area contributed by atoms with E-state index < -0.39 is 0 Å². The Hall–Kier alpha value is -1.32. The second-order valence-electron chi connectivity index (χ2n) is 5.44. The summed E-state index contributed by atoms with van der Waals surface area (Å²) in [5.41, 5.74) is 0.406. The number of anilines is 1. The molecule has 0 saturated heterocycles. The minimum absolute atomic E-state index is 0.406. The molecule has 4 nitrogen and oxygen atoms in total. The van der Waals surface area contributed by atoms with Gasteiger partial charge in [0, 0.05) is 18.8 Å². The predicted molar refractivity (Wildman–Crippen MR) is 72.9 cm³/mol. The first kappa shape index (κ1) is 13.1. The first-order chi connectivity index (χ1) is 8.72. The van der Waals surface area contributed by atoms with Crippen LogP contribution in [-0.2, 0) is 0 Å². The third-order valence-electron chi connectivity index (χ3n) is 3.57. The van der Waals surface area contributed by atoms with E-state index in [4.69, 9.17) is 4.74 Å². The molecular weight excluding hydrogens is 226 g/mol. The summed E-state index contributed by atoms with van der Waals surface area (Å²) in [5.74, 6) is 1.34. The van der Waals surface area contributed by atoms with Crippen molar-refractivity contribution in [2.45, 2.75) is 46.0 Å². The monoisotopic (exact) mass is 249 g/mol. The highest BCUT2D eigenvalue weighted by molar-refractivity contribution is 5.27. The maximum absolute atomic E-state index is 5.50. The van der Waals surface area contributed by atoms with E-state index in [-0.39, 0.29) is 0 Å². The van der Waals surface area contributed by atoms with Gasteiger partial charge in [-0.1, -0.05) is 26.7 Å². The van der Waals surface area contributed by atoms with Gasteiger partial charge in [0.05, 0.1) is 6.61 Å². The Bertz CT molecular complexity index is 375. The van der Waals surface area contributed by atoms with E-state index in [1.165, 1.54) is 25.7 Å². The molecule has 0 spiro atoms. The molecule has 0 unspecified atom stereocenters. The van der Waals surface area contributed by atoms with Crippen molar-refractivity contribution >= 4 is 5.95 Å². The molecule has 1 aliphatic carbocycles. The van der Waals surface area contributed by atoms with Gasteiger partial charge in [-0.25, -0.2) is 4.98 Å². The highest BCUT2D eigenvalue weighted by atomic mass is 16.5. The minimum atomic E-state index is 0.406. The molecule has 2 rings (SSSR count). The van der Waals surface area contributed by atoms with Gasteiger partial charge in [0.25, 0.3) is 0 Å². The maximum atomic E-state index is 5.50. The quantitative estimate of drug-likeness (QED) is 0.840. The van der Waals surface area contributed by atoms with Crippen molar-refractivity contribution in [2.75, 3.05) is 18.5 Å². The van der Waals surface area contributed by atoms with Gasteiger partial charge < -0.3 is 10.1 Å². The Labute approximate surface area is 109 Å². The van der Waals surface area contributed by atoms with Gasteiger partial charge >= 0.3 is 0 Å². The van der Waals surface area contributed by atoms with E-state index in [2.05, 4.69) is 29.1 Å². The molecule has 1 heterocycles. The van der Waals surface area contributed by atoms with Crippen molar-refractivity contribution in [1.82, 2.24) is 9.97 Å². The van der Waals surface area contributed by atoms with Gasteiger partial charge in [0.1, 0.15) is 0 Å². The fourth-order valence-corrected chi connectivity index (χ4v) is 2.41. The van der Waals surface area contributed by atoms with Crippen molar-refractivity contribution in [1.29, 1.82) is 0 Å². The Balaban J connectivity index is 1.88. The van der Waals surface area contributed by atoms with Gasteiger partial charge in [0.15, 0.2) is 0 Å². The lowest BCUT2D eigenvalue weighted by molar-refractivity contribution is 0.304. The lowest BCUT2D eigenvalue weighted by Crippen LogP contribution is -2.23. The molecule has 1 N–H and O–H groups in total. The molecule has 1 aromatic heterocycles. The largest absolute Gasteiger partial charge is 0.478 e. The lowest BCUT2D eigenvalue weighted by Gasteiger charge is -2.23. The second-order valence-corrected chi connectivity index (χ2v) is 5.44. The summed E-state index contributed by atoms with van der Waals surface area (Å²) in [5, 5.41) is 3.34. The molecule has 1 aromatic rings. The summed E-state index contributed by atoms with van der Waals surface area (Å²) < 4.78 is 5.50. The molecule has 0 radical (unpaired) electrons. The molecule has 0 aromatic carbocycles. The van der Waals surface area contributed by atoms with Crippen molar-refractivity contribution in [2.24, 2.45) is 5.41 Å². The van der Waals surface area contributed by atoms with Crippen LogP contribution in [0.1, 0.15) is 46.0 Å². The zero-order valence-electron chi connectivity index (χ0n) is 11.4. The van der Waals surface area contributed by atoms with Crippen LogP contribution in [0.5, 0.6) is 5.88 Å². The van der Waals surface area contributed by atoms with Crippen molar-refractivity contribution in [3.05, 3.63) is 12.3 Å². The Morgan fingerprint density at radius 1 is 1.39 bits per heavy atom. The molecule has 1 saturated carbocycles. The lowest BCUT2D eigenvalue weighted by atomic mass is 9.89. The van der Waals surface area contributed by atoms with E-state index >= 15 is 0 Å². The van der Waals surface area contributed by atoms with Gasteiger partial charge in [-0.3, -0.25) is 0 Å². The molecule has 1 fully saturated rings. The van der Waals surface area contributed by atoms with Crippen LogP contribution in [0.3, 0.4) is 0 Å². The van der Waals surface area contributed by atoms with Crippen LogP contribution in [0.2, 0.25) is 0 Å². The van der Waals surface area contributed by atoms with Crippen molar-refractivity contribution in [3.63, 3.8) is 0 Å². The molecule has 0 aliphatic heterocycles. The molecule has 100 valence electrons. The third-order valence-corrected chi connectivity index (χ3v) is 3.57. The number of ether oxygens (including phenoxy) is 1. The van der Waals surface area contributed by atoms with E-state index in [0.29, 0.717) is 23.9 Å². The summed E-state index contributed by atoms with van der Waals surface area (Å²) in [7, 11) is 0. The first-order valence-corrected chi connectivity index (χ1v) is 6.92. The maximum Gasteiger partial charge on any atom is 0.225 e. The third kappa shape index (κ3) is 3.59. The summed E-state index contributed by atoms with van der Waals surface area (Å²) in [4.78, 5) is 8.60. The van der Waals surface area contributed by atoms with E-state index in [9.17, 15) is 0 Å². The van der Waals surface area contributed by atoms with Gasteiger partial charge in [-0.2, -0.15) is 4.98 Å². The van der Waals surface area contributed by atoms with Crippen LogP contribution in [0, 0.1) is 5.41 Å². The highest BCUT2D eigenvalue weighted by Gasteiger charge is 2.28. The summed E-state index contributed by atoms with van der Waals surface area (Å²) in [6.45, 7) is 6.07. The number of rotatable bonds is 6. The smallest absolute Gasteiger partial charge is 0.225 e. The Kier molecular flexibility index (Phi) is 4.39. The molecule has 0 atom stereocenters. The van der Waals surface area contributed by atoms with Gasteiger partial charge in [-0.15, -0.1) is 0 Å². The topological polar surface area (TPSA) is 47.0 Å². The molecule has 0 bridgehead atoms. The van der Waals surface area contributed by atoms with E-state index in [1.54, 1.807) is 12.3 Å². The number of hydrogen-bond donors (Lipinski definition) is 1. The number of aromatic nitrogens is 2. The average Bonchev–Trinajstić information content (AvgIpc) is 2.82. The number of hydrogen-bond acceptors (Lipinski definition) is 4. The van der Waals surface area contributed by atoms with Crippen LogP contribution in [-0.4, -0.2) is 23.1 Å². The van der Waals surface area contributed by atoms with Crippen LogP contribution in [0.4, 0.5) is 5.95 Å². The highest BCUT2D eigenvalue weighted by Crippen LogP contribution is 2.37. The van der Waals surface area contributed by atoms with Gasteiger partial charge in [-0.05, 0) is 24.7 Å². The summed E-state index contributed by atoms with van der Waals surface area (Å²) in [6.07, 6.45) is 8.03. The fraction of sp³-hybridized carbons (Fsp3) is 0.714. The van der Waals surface area contributed by atoms with Crippen molar-refractivity contribution < 1.29 is 4.74 Å². The summed E-state index contributed by atoms with van der Waals surface area (Å²) >= 11 is 0. The molecular formula is C14H23N3O. The average molecular weight is 249 g/mol. The summed E-state index contributed by atoms with van der Waals surface area (Å²) in [6, 6.07) is 1.80. The Morgan fingerprint density at radius 2 is 2.17 bits per heavy atom. The Morgan fingerprint density at radius 3 is 2.89 bits per heavy atom. The predicted octanol–water partition coefficient (Wildman–Crippen LogP) is 3.26. The van der Waals surface area contributed by atoms with Crippen LogP contribution in [0.25, 0.3) is 0 Å². The number of nitrogens with zero attached hydrogens (tertiary/aromatic N) is 2. The molecule has 0 amide bonds. The normalized spacial score (nSPS) is 17.7. The minimum Gasteiger partial charge on any atom is -0.478 e. The first-order valence-electron chi connectivity index (χ1n) is 6.92. The van der Waals surface area contributed by atoms with Crippen molar-refractivity contribution in [3.8, 4) is 5.88 Å². The molecule has 1 aliphatic rings. The SMILES string of the molecule is CCCOc1ccnc(NCC2(C)CCCC2)n1. The van der Waals surface area contributed by atoms with Crippen LogP contribution < -0.4 is 10.1 Å². The fourth-order valence-electron chi connectivity index (χ4n) is 2.41. The number of nitrogens with one attached hydrogen (secondary N) is 1. The van der Waals surface area contributed by atoms with Gasteiger partial charge in [0.2, 0.25) is 11.8 Å². The zero-order valence-corrected chi connectivity index (χ0v) is 11.4. The second kappa shape index (κ2) is 6.03. The molecule has 18 heavy (non-hydrogen) atoms. The molecule has 4 heteroatoms. The van der Waals surface area contributed by atoms with E-state index in [1.807, 2.05) is 0 Å². The van der Waals surface area contributed by atoms with E-state index in [0.717, 1.165) is 13.0 Å². The van der Waals surface area contributed by atoms with Crippen LogP contribution >= 0.6 is 0 Å².